The van der Waals surface area contributed by atoms with Crippen molar-refractivity contribution in [3.8, 4) is 6.07 Å². The number of nitriles is 1. The van der Waals surface area contributed by atoms with Crippen LogP contribution in [0, 0.1) is 11.3 Å². The van der Waals surface area contributed by atoms with E-state index in [1.807, 2.05) is 6.92 Å². The van der Waals surface area contributed by atoms with Crippen molar-refractivity contribution in [2.75, 3.05) is 19.9 Å². The highest BCUT2D eigenvalue weighted by atomic mass is 31.2. The molecule has 0 heterocycles. The molecular weight excluding hydrogens is 165 g/mol. The predicted octanol–water partition coefficient (Wildman–Crippen LogP) is 1.78. The summed E-state index contributed by atoms with van der Waals surface area (Å²) in [5.41, 5.74) is 0. The molecule has 0 amide bonds. The van der Waals surface area contributed by atoms with Crippen LogP contribution in [0.5, 0.6) is 0 Å². The van der Waals surface area contributed by atoms with E-state index in [1.165, 1.54) is 6.66 Å². The predicted molar refractivity (Wildman–Crippen MR) is 41.3 cm³/mol. The molecule has 64 valence electrons. The maximum Gasteiger partial charge on any atom is 0.328 e. The van der Waals surface area contributed by atoms with E-state index in [4.69, 9.17) is 9.79 Å². The Morgan fingerprint density at radius 1 is 1.55 bits per heavy atom. The van der Waals surface area contributed by atoms with Gasteiger partial charge < -0.3 is 4.52 Å². The molecule has 0 bridgehead atoms. The third-order valence-electron chi connectivity index (χ3n) is 0.894. The zero-order valence-corrected chi connectivity index (χ0v) is 7.63. The maximum absolute atomic E-state index is 11.1. The van der Waals surface area contributed by atoms with Crippen LogP contribution >= 0.6 is 7.60 Å². The summed E-state index contributed by atoms with van der Waals surface area (Å²) in [4.78, 5) is 0. The molecule has 1 atom stereocenters. The van der Waals surface area contributed by atoms with Crippen molar-refractivity contribution in [1.29, 1.82) is 5.26 Å². The lowest BCUT2D eigenvalue weighted by atomic mass is 10.5. The van der Waals surface area contributed by atoms with Gasteiger partial charge in [-0.3, -0.25) is 9.09 Å². The third-order valence-corrected chi connectivity index (χ3v) is 2.14. The fourth-order valence-corrected chi connectivity index (χ4v) is 1.32. The van der Waals surface area contributed by atoms with Gasteiger partial charge in [0.2, 0.25) is 0 Å². The van der Waals surface area contributed by atoms with Crippen molar-refractivity contribution >= 4 is 7.60 Å². The fraction of sp³-hybridized carbons (Fsp3) is 0.833. The first-order valence-corrected chi connectivity index (χ1v) is 5.35. The van der Waals surface area contributed by atoms with Crippen molar-refractivity contribution in [3.05, 3.63) is 0 Å². The second-order valence-corrected chi connectivity index (χ2v) is 4.10. The molecule has 0 aromatic carbocycles. The minimum absolute atomic E-state index is 0.183. The lowest BCUT2D eigenvalue weighted by Gasteiger charge is -2.10. The molecule has 0 aliphatic heterocycles. The van der Waals surface area contributed by atoms with E-state index < -0.39 is 7.60 Å². The van der Waals surface area contributed by atoms with Crippen LogP contribution in [0.2, 0.25) is 0 Å². The van der Waals surface area contributed by atoms with Crippen LogP contribution in [-0.2, 0) is 13.6 Å². The van der Waals surface area contributed by atoms with E-state index in [0.29, 0.717) is 6.61 Å². The normalized spacial score (nSPS) is 15.4. The highest BCUT2D eigenvalue weighted by Gasteiger charge is 2.15. The van der Waals surface area contributed by atoms with Crippen LogP contribution in [0.1, 0.15) is 13.3 Å². The first-order chi connectivity index (χ1) is 5.12. The standard InChI is InChI=1S/C6H12NO3P/c1-3-5-9-11(2,8)10-6-4-7/h3,5-6H2,1-2H3. The number of hydrogen-bond donors (Lipinski definition) is 0. The van der Waals surface area contributed by atoms with E-state index in [2.05, 4.69) is 4.52 Å². The second-order valence-electron chi connectivity index (χ2n) is 2.04. The molecule has 11 heavy (non-hydrogen) atoms. The molecule has 1 unspecified atom stereocenters. The molecule has 0 aromatic heterocycles. The van der Waals surface area contributed by atoms with E-state index in [9.17, 15) is 4.57 Å². The molecule has 0 N–H and O–H groups in total. The second kappa shape index (κ2) is 5.31. The Balaban J connectivity index is 3.64. The van der Waals surface area contributed by atoms with Gasteiger partial charge in [-0.1, -0.05) is 6.92 Å². The van der Waals surface area contributed by atoms with Crippen LogP contribution in [0.25, 0.3) is 0 Å². The molecule has 0 aliphatic carbocycles. The molecule has 0 radical (unpaired) electrons. The summed E-state index contributed by atoms with van der Waals surface area (Å²) in [7, 11) is -2.95. The summed E-state index contributed by atoms with van der Waals surface area (Å²) in [5, 5.41) is 8.10. The lowest BCUT2D eigenvalue weighted by molar-refractivity contribution is 0.226. The van der Waals surface area contributed by atoms with E-state index in [0.717, 1.165) is 6.42 Å². The van der Waals surface area contributed by atoms with Gasteiger partial charge in [-0.25, -0.2) is 0 Å². The van der Waals surface area contributed by atoms with E-state index in [-0.39, 0.29) is 6.61 Å². The van der Waals surface area contributed by atoms with Crippen LogP contribution in [0.4, 0.5) is 0 Å². The average Bonchev–Trinajstić information content (AvgIpc) is 1.97. The smallest absolute Gasteiger partial charge is 0.309 e. The highest BCUT2D eigenvalue weighted by molar-refractivity contribution is 7.52. The minimum Gasteiger partial charge on any atom is -0.309 e. The van der Waals surface area contributed by atoms with Gasteiger partial charge in [0.15, 0.2) is 0 Å². The first kappa shape index (κ1) is 10.6. The minimum atomic E-state index is -2.95. The van der Waals surface area contributed by atoms with Gasteiger partial charge in [0.1, 0.15) is 6.61 Å². The summed E-state index contributed by atoms with van der Waals surface area (Å²) >= 11 is 0. The first-order valence-electron chi connectivity index (χ1n) is 3.36. The van der Waals surface area contributed by atoms with Crippen LogP contribution in [0.3, 0.4) is 0 Å². The SMILES string of the molecule is CCCOP(C)(=O)OCC#N. The van der Waals surface area contributed by atoms with E-state index >= 15 is 0 Å². The molecule has 0 aromatic rings. The zero-order valence-electron chi connectivity index (χ0n) is 6.74. The molecule has 0 aliphatic rings. The van der Waals surface area contributed by atoms with Gasteiger partial charge in [0.25, 0.3) is 0 Å². The van der Waals surface area contributed by atoms with E-state index in [1.54, 1.807) is 6.07 Å². The molecule has 0 saturated heterocycles. The Kier molecular flexibility index (Phi) is 5.14. The van der Waals surface area contributed by atoms with Gasteiger partial charge in [-0.2, -0.15) is 5.26 Å². The average molecular weight is 177 g/mol. The topological polar surface area (TPSA) is 59.3 Å². The molecule has 0 saturated carbocycles. The summed E-state index contributed by atoms with van der Waals surface area (Å²) in [5.74, 6) is 0. The summed E-state index contributed by atoms with van der Waals surface area (Å²) < 4.78 is 20.7. The molecule has 5 heteroatoms. The van der Waals surface area contributed by atoms with Gasteiger partial charge in [0, 0.05) is 6.66 Å². The Bertz CT molecular complexity index is 187. The Hall–Kier alpha value is -0.360. The molecule has 4 nitrogen and oxygen atoms in total. The van der Waals surface area contributed by atoms with Gasteiger partial charge in [-0.15, -0.1) is 0 Å². The Morgan fingerprint density at radius 3 is 2.64 bits per heavy atom. The monoisotopic (exact) mass is 177 g/mol. The highest BCUT2D eigenvalue weighted by Crippen LogP contribution is 2.43. The molecule has 0 spiro atoms. The van der Waals surface area contributed by atoms with Crippen LogP contribution in [-0.4, -0.2) is 19.9 Å². The van der Waals surface area contributed by atoms with Crippen molar-refractivity contribution in [3.63, 3.8) is 0 Å². The lowest BCUT2D eigenvalue weighted by Crippen LogP contribution is -1.95. The van der Waals surface area contributed by atoms with Crippen molar-refractivity contribution in [1.82, 2.24) is 0 Å². The number of hydrogen-bond acceptors (Lipinski definition) is 4. The fourth-order valence-electron chi connectivity index (χ4n) is 0.440. The summed E-state index contributed by atoms with van der Waals surface area (Å²) in [6.07, 6.45) is 0.785. The maximum atomic E-state index is 11.1. The largest absolute Gasteiger partial charge is 0.328 e. The quantitative estimate of drug-likeness (QED) is 0.600. The van der Waals surface area contributed by atoms with Gasteiger partial charge in [0.05, 0.1) is 12.7 Å². The zero-order chi connectivity index (χ0) is 8.74. The van der Waals surface area contributed by atoms with Crippen molar-refractivity contribution in [2.24, 2.45) is 0 Å². The number of nitrogens with zero attached hydrogens (tertiary/aromatic N) is 1. The van der Waals surface area contributed by atoms with Gasteiger partial charge in [-0.05, 0) is 6.42 Å². The Labute approximate surface area is 66.6 Å². The van der Waals surface area contributed by atoms with Crippen molar-refractivity contribution < 1.29 is 13.6 Å². The third kappa shape index (κ3) is 6.05. The van der Waals surface area contributed by atoms with Crippen LogP contribution < -0.4 is 0 Å². The molecule has 0 rings (SSSR count). The van der Waals surface area contributed by atoms with Gasteiger partial charge >= 0.3 is 7.60 Å². The summed E-state index contributed by atoms with van der Waals surface area (Å²) in [6, 6.07) is 1.73. The molecular formula is C6H12NO3P. The van der Waals surface area contributed by atoms with Crippen LogP contribution in [0.15, 0.2) is 0 Å². The molecule has 0 fully saturated rings. The summed E-state index contributed by atoms with van der Waals surface area (Å²) in [6.45, 7) is 3.49. The Morgan fingerprint density at radius 2 is 2.18 bits per heavy atom. The van der Waals surface area contributed by atoms with Crippen molar-refractivity contribution in [2.45, 2.75) is 13.3 Å². The number of rotatable bonds is 5.